The highest BCUT2D eigenvalue weighted by molar-refractivity contribution is 7.89. The molecule has 0 fully saturated rings. The van der Waals surface area contributed by atoms with E-state index in [1.54, 1.807) is 29.3 Å². The first-order valence-electron chi connectivity index (χ1n) is 8.63. The van der Waals surface area contributed by atoms with E-state index in [-0.39, 0.29) is 16.8 Å². The zero-order valence-electron chi connectivity index (χ0n) is 15.0. The van der Waals surface area contributed by atoms with E-state index in [9.17, 15) is 12.8 Å². The number of hydrogen-bond donors (Lipinski definition) is 1. The van der Waals surface area contributed by atoms with Crippen LogP contribution in [-0.2, 0) is 10.0 Å². The number of aryl methyl sites for hydroxylation is 1. The fourth-order valence-corrected chi connectivity index (χ4v) is 3.74. The molecule has 1 aliphatic heterocycles. The monoisotopic (exact) mass is 399 g/mol. The highest BCUT2D eigenvalue weighted by atomic mass is 32.2. The van der Waals surface area contributed by atoms with Crippen molar-refractivity contribution in [2.75, 3.05) is 5.01 Å². The van der Waals surface area contributed by atoms with Gasteiger partial charge in [0, 0.05) is 6.42 Å². The normalized spacial score (nSPS) is 17.0. The van der Waals surface area contributed by atoms with Gasteiger partial charge in [-0.3, -0.25) is 5.01 Å². The Morgan fingerprint density at radius 1 is 1.07 bits per heavy atom. The summed E-state index contributed by atoms with van der Waals surface area (Å²) in [4.78, 5) is 0.0274. The molecule has 2 heterocycles. The van der Waals surface area contributed by atoms with E-state index in [0.717, 1.165) is 17.0 Å². The Morgan fingerprint density at radius 2 is 1.75 bits per heavy atom. The van der Waals surface area contributed by atoms with Crippen LogP contribution in [0.1, 0.15) is 29.5 Å². The van der Waals surface area contributed by atoms with Gasteiger partial charge in [-0.2, -0.15) is 5.10 Å². The van der Waals surface area contributed by atoms with Crippen LogP contribution in [0.15, 0.2) is 75.1 Å². The minimum atomic E-state index is -3.78. The predicted molar refractivity (Wildman–Crippen MR) is 104 cm³/mol. The molecule has 6 nitrogen and oxygen atoms in total. The fourth-order valence-electron chi connectivity index (χ4n) is 3.22. The van der Waals surface area contributed by atoms with Gasteiger partial charge in [-0.15, -0.1) is 0 Å². The lowest BCUT2D eigenvalue weighted by molar-refractivity contribution is 0.524. The fraction of sp³-hybridized carbons (Fsp3) is 0.150. The molecule has 144 valence electrons. The quantitative estimate of drug-likeness (QED) is 0.724. The number of benzene rings is 2. The highest BCUT2D eigenvalue weighted by Crippen LogP contribution is 2.37. The number of primary sulfonamides is 1. The number of rotatable bonds is 4. The van der Waals surface area contributed by atoms with Gasteiger partial charge < -0.3 is 4.42 Å². The van der Waals surface area contributed by atoms with Crippen LogP contribution in [0.2, 0.25) is 0 Å². The first kappa shape index (κ1) is 18.4. The van der Waals surface area contributed by atoms with Crippen molar-refractivity contribution in [2.24, 2.45) is 10.2 Å². The summed E-state index contributed by atoms with van der Waals surface area (Å²) in [6.45, 7) is 1.86. The second-order valence-electron chi connectivity index (χ2n) is 6.61. The molecule has 1 aliphatic rings. The predicted octanol–water partition coefficient (Wildman–Crippen LogP) is 3.73. The molecule has 0 radical (unpaired) electrons. The van der Waals surface area contributed by atoms with E-state index in [1.807, 2.05) is 19.1 Å². The lowest BCUT2D eigenvalue weighted by Gasteiger charge is -2.24. The van der Waals surface area contributed by atoms with Gasteiger partial charge in [-0.1, -0.05) is 12.1 Å². The number of sulfonamides is 1. The molecule has 0 saturated heterocycles. The topological polar surface area (TPSA) is 88.9 Å². The van der Waals surface area contributed by atoms with Gasteiger partial charge in [0.1, 0.15) is 23.0 Å². The lowest BCUT2D eigenvalue weighted by Crippen LogP contribution is -2.19. The molecule has 2 N–H and O–H groups in total. The van der Waals surface area contributed by atoms with Gasteiger partial charge in [0.05, 0.1) is 16.6 Å². The molecule has 4 rings (SSSR count). The minimum absolute atomic E-state index is 0.0274. The number of furan rings is 1. The molecule has 2 aromatic carbocycles. The maximum atomic E-state index is 13.4. The van der Waals surface area contributed by atoms with E-state index in [1.165, 1.54) is 24.3 Å². The molecule has 0 aliphatic carbocycles. The smallest absolute Gasteiger partial charge is 0.238 e. The molecule has 0 bridgehead atoms. The van der Waals surface area contributed by atoms with Crippen molar-refractivity contribution in [1.82, 2.24) is 0 Å². The Hall–Kier alpha value is -2.97. The van der Waals surface area contributed by atoms with Gasteiger partial charge in [0.25, 0.3) is 0 Å². The van der Waals surface area contributed by atoms with Gasteiger partial charge in [-0.05, 0) is 61.0 Å². The van der Waals surface area contributed by atoms with Gasteiger partial charge in [0.2, 0.25) is 10.0 Å². The second-order valence-corrected chi connectivity index (χ2v) is 8.17. The molecule has 0 saturated carbocycles. The van der Waals surface area contributed by atoms with Crippen LogP contribution in [0, 0.1) is 12.7 Å². The van der Waals surface area contributed by atoms with Crippen LogP contribution in [0.3, 0.4) is 0 Å². The zero-order chi connectivity index (χ0) is 19.9. The SMILES string of the molecule is Cc1ccc(C2=NN(c3ccc(S(N)(=O)=O)cc3)C(c3ccc(F)cc3)C2)o1. The average molecular weight is 399 g/mol. The summed E-state index contributed by atoms with van der Waals surface area (Å²) in [7, 11) is -3.78. The highest BCUT2D eigenvalue weighted by Gasteiger charge is 2.31. The van der Waals surface area contributed by atoms with Crippen LogP contribution in [0.4, 0.5) is 10.1 Å². The minimum Gasteiger partial charge on any atom is -0.460 e. The van der Waals surface area contributed by atoms with Crippen molar-refractivity contribution in [3.8, 4) is 0 Å². The maximum Gasteiger partial charge on any atom is 0.238 e. The molecular formula is C20H18FN3O3S. The summed E-state index contributed by atoms with van der Waals surface area (Å²) < 4.78 is 42.1. The van der Waals surface area contributed by atoms with Gasteiger partial charge in [0.15, 0.2) is 0 Å². The number of nitrogens with two attached hydrogens (primary N) is 1. The molecule has 28 heavy (non-hydrogen) atoms. The molecule has 1 atom stereocenters. The summed E-state index contributed by atoms with van der Waals surface area (Å²) in [6.07, 6.45) is 0.565. The number of anilines is 1. The van der Waals surface area contributed by atoms with Crippen LogP contribution in [-0.4, -0.2) is 14.1 Å². The maximum absolute atomic E-state index is 13.4. The molecule has 1 aromatic heterocycles. The third-order valence-electron chi connectivity index (χ3n) is 4.62. The van der Waals surface area contributed by atoms with Crippen molar-refractivity contribution < 1.29 is 17.2 Å². The summed E-state index contributed by atoms with van der Waals surface area (Å²) in [5.74, 6) is 1.15. The zero-order valence-corrected chi connectivity index (χ0v) is 15.9. The molecule has 1 unspecified atom stereocenters. The molecular weight excluding hydrogens is 381 g/mol. The first-order chi connectivity index (χ1) is 13.3. The Kier molecular flexibility index (Phi) is 4.52. The summed E-state index contributed by atoms with van der Waals surface area (Å²) in [5, 5.41) is 11.7. The Balaban J connectivity index is 1.74. The first-order valence-corrected chi connectivity index (χ1v) is 10.2. The van der Waals surface area contributed by atoms with E-state index in [4.69, 9.17) is 14.7 Å². The van der Waals surface area contributed by atoms with Crippen molar-refractivity contribution in [1.29, 1.82) is 0 Å². The molecule has 0 spiro atoms. The number of hydrogen-bond acceptors (Lipinski definition) is 5. The molecule has 8 heteroatoms. The van der Waals surface area contributed by atoms with Crippen LogP contribution in [0.5, 0.6) is 0 Å². The Bertz CT molecular complexity index is 1140. The Morgan fingerprint density at radius 3 is 2.32 bits per heavy atom. The van der Waals surface area contributed by atoms with Crippen molar-refractivity contribution in [2.45, 2.75) is 24.3 Å². The van der Waals surface area contributed by atoms with Crippen molar-refractivity contribution in [3.63, 3.8) is 0 Å². The van der Waals surface area contributed by atoms with Crippen LogP contribution >= 0.6 is 0 Å². The number of nitrogens with zero attached hydrogens (tertiary/aromatic N) is 2. The van der Waals surface area contributed by atoms with E-state index in [0.29, 0.717) is 17.9 Å². The van der Waals surface area contributed by atoms with Crippen molar-refractivity contribution >= 4 is 21.4 Å². The number of hydrazone groups is 1. The van der Waals surface area contributed by atoms with E-state index < -0.39 is 10.0 Å². The number of halogens is 1. The van der Waals surface area contributed by atoms with Gasteiger partial charge in [-0.25, -0.2) is 17.9 Å². The summed E-state index contributed by atoms with van der Waals surface area (Å²) in [5.41, 5.74) is 2.34. The lowest BCUT2D eigenvalue weighted by atomic mass is 10.0. The Labute approximate surface area is 162 Å². The molecule has 3 aromatic rings. The second kappa shape index (κ2) is 6.88. The van der Waals surface area contributed by atoms with E-state index in [2.05, 4.69) is 0 Å². The van der Waals surface area contributed by atoms with Gasteiger partial charge >= 0.3 is 0 Å². The largest absolute Gasteiger partial charge is 0.460 e. The third kappa shape index (κ3) is 3.56. The third-order valence-corrected chi connectivity index (χ3v) is 5.55. The van der Waals surface area contributed by atoms with Crippen molar-refractivity contribution in [3.05, 3.63) is 83.6 Å². The molecule has 0 amide bonds. The average Bonchev–Trinajstić information content (AvgIpc) is 3.28. The van der Waals surface area contributed by atoms with E-state index >= 15 is 0 Å². The standard InChI is InChI=1S/C20H18FN3O3S/c1-13-2-11-20(27-13)18-12-19(14-3-5-15(21)6-4-14)24(23-18)16-7-9-17(10-8-16)28(22,25)26/h2-11,19H,12H2,1H3,(H2,22,25,26). The summed E-state index contributed by atoms with van der Waals surface area (Å²) in [6, 6.07) is 16.0. The van der Waals surface area contributed by atoms with Crippen LogP contribution < -0.4 is 10.1 Å². The summed E-state index contributed by atoms with van der Waals surface area (Å²) >= 11 is 0. The van der Waals surface area contributed by atoms with Crippen LogP contribution in [0.25, 0.3) is 0 Å².